The Hall–Kier alpha value is -2.01. The van der Waals surface area contributed by atoms with E-state index in [-0.39, 0.29) is 24.1 Å². The van der Waals surface area contributed by atoms with Gasteiger partial charge in [0.05, 0.1) is 7.11 Å². The van der Waals surface area contributed by atoms with Gasteiger partial charge in [0.25, 0.3) is 5.91 Å². The van der Waals surface area contributed by atoms with Crippen LogP contribution in [-0.4, -0.2) is 32.1 Å². The molecule has 6 heteroatoms. The highest BCUT2D eigenvalue weighted by molar-refractivity contribution is 6.29. The average Bonchev–Trinajstić information content (AvgIpc) is 2.42. The number of hydrogen-bond donors (Lipinski definition) is 1. The van der Waals surface area contributed by atoms with E-state index in [9.17, 15) is 9.59 Å². The highest BCUT2D eigenvalue weighted by atomic mass is 35.5. The van der Waals surface area contributed by atoms with Crippen molar-refractivity contribution < 1.29 is 19.1 Å². The van der Waals surface area contributed by atoms with Crippen LogP contribution < -0.4 is 10.1 Å². The number of carbonyl (C=O) groups excluding carboxylic acids is 2. The first-order valence-electron chi connectivity index (χ1n) is 5.44. The summed E-state index contributed by atoms with van der Waals surface area (Å²) in [7, 11) is 1.54. The van der Waals surface area contributed by atoms with Crippen molar-refractivity contribution in [3.05, 3.63) is 41.4 Å². The lowest BCUT2D eigenvalue weighted by Crippen LogP contribution is -2.30. The second kappa shape index (κ2) is 7.43. The van der Waals surface area contributed by atoms with Crippen molar-refractivity contribution in [2.24, 2.45) is 0 Å². The third-order valence-electron chi connectivity index (χ3n) is 2.14. The summed E-state index contributed by atoms with van der Waals surface area (Å²) in [5.74, 6) is -0.301. The van der Waals surface area contributed by atoms with E-state index in [1.807, 2.05) is 0 Å². The monoisotopic (exact) mass is 283 g/mol. The van der Waals surface area contributed by atoms with Crippen molar-refractivity contribution in [2.45, 2.75) is 0 Å². The van der Waals surface area contributed by atoms with Crippen LogP contribution in [0.2, 0.25) is 0 Å². The number of hydrogen-bond acceptors (Lipinski definition) is 4. The number of ether oxygens (including phenoxy) is 2. The Morgan fingerprint density at radius 3 is 2.47 bits per heavy atom. The molecule has 1 N–H and O–H groups in total. The fraction of sp³-hybridized carbons (Fsp3) is 0.231. The Labute approximate surface area is 116 Å². The van der Waals surface area contributed by atoms with E-state index in [4.69, 9.17) is 21.1 Å². The molecule has 0 aromatic heterocycles. The van der Waals surface area contributed by atoms with E-state index in [1.165, 1.54) is 7.11 Å². The van der Waals surface area contributed by atoms with Crippen LogP contribution in [0.5, 0.6) is 5.75 Å². The highest BCUT2D eigenvalue weighted by Gasteiger charge is 2.09. The molecule has 0 unspecified atom stereocenters. The second-order valence-electron chi connectivity index (χ2n) is 3.59. The summed E-state index contributed by atoms with van der Waals surface area (Å²) < 4.78 is 9.70. The lowest BCUT2D eigenvalue weighted by molar-refractivity contribution is -0.141. The predicted octanol–water partition coefficient (Wildman–Crippen LogP) is 1.72. The van der Waals surface area contributed by atoms with Crippen LogP contribution in [0.15, 0.2) is 35.9 Å². The Morgan fingerprint density at radius 2 is 1.95 bits per heavy atom. The van der Waals surface area contributed by atoms with E-state index >= 15 is 0 Å². The molecule has 0 fully saturated rings. The number of rotatable bonds is 6. The van der Waals surface area contributed by atoms with Crippen LogP contribution >= 0.6 is 11.6 Å². The Balaban J connectivity index is 2.42. The molecule has 0 atom stereocenters. The van der Waals surface area contributed by atoms with Crippen LogP contribution in [0.3, 0.4) is 0 Å². The number of benzene rings is 1. The van der Waals surface area contributed by atoms with Gasteiger partial charge in [-0.1, -0.05) is 18.2 Å². The van der Waals surface area contributed by atoms with Crippen LogP contribution in [0.25, 0.3) is 0 Å². The molecule has 0 saturated carbocycles. The molecule has 0 aliphatic heterocycles. The fourth-order valence-corrected chi connectivity index (χ4v) is 1.26. The normalized spacial score (nSPS) is 9.58. The zero-order valence-electron chi connectivity index (χ0n) is 10.4. The van der Waals surface area contributed by atoms with Gasteiger partial charge >= 0.3 is 5.97 Å². The maximum atomic E-state index is 11.7. The van der Waals surface area contributed by atoms with E-state index in [1.54, 1.807) is 24.3 Å². The zero-order chi connectivity index (χ0) is 14.3. The molecule has 19 heavy (non-hydrogen) atoms. The van der Waals surface area contributed by atoms with Gasteiger partial charge in [0.1, 0.15) is 18.9 Å². The second-order valence-corrected chi connectivity index (χ2v) is 4.12. The molecular weight excluding hydrogens is 270 g/mol. The van der Waals surface area contributed by atoms with Crippen molar-refractivity contribution in [1.29, 1.82) is 0 Å². The lowest BCUT2D eigenvalue weighted by Gasteiger charge is -2.06. The highest BCUT2D eigenvalue weighted by Crippen LogP contribution is 2.10. The molecule has 0 aliphatic carbocycles. The molecule has 0 radical (unpaired) electrons. The van der Waals surface area contributed by atoms with Crippen LogP contribution in [0, 0.1) is 0 Å². The first kappa shape index (κ1) is 15.0. The molecule has 5 nitrogen and oxygen atoms in total. The van der Waals surface area contributed by atoms with Crippen molar-refractivity contribution in [2.75, 3.05) is 20.3 Å². The van der Waals surface area contributed by atoms with Crippen LogP contribution in [0.4, 0.5) is 0 Å². The summed E-state index contributed by atoms with van der Waals surface area (Å²) in [5, 5.41) is 2.65. The van der Waals surface area contributed by atoms with Gasteiger partial charge in [0.2, 0.25) is 0 Å². The summed E-state index contributed by atoms with van der Waals surface area (Å²) in [4.78, 5) is 22.9. The molecule has 0 heterocycles. The van der Waals surface area contributed by atoms with E-state index in [0.717, 1.165) is 0 Å². The minimum atomic E-state index is -0.580. The number of nitrogens with one attached hydrogen (secondary N) is 1. The third kappa shape index (κ3) is 5.44. The number of amides is 1. The number of halogens is 1. The molecular formula is C13H14ClNO4. The Morgan fingerprint density at radius 1 is 1.32 bits per heavy atom. The number of carbonyl (C=O) groups is 2. The first-order chi connectivity index (χ1) is 9.02. The van der Waals surface area contributed by atoms with Crippen molar-refractivity contribution >= 4 is 23.5 Å². The van der Waals surface area contributed by atoms with Gasteiger partial charge in [-0.15, -0.1) is 0 Å². The van der Waals surface area contributed by atoms with Crippen LogP contribution in [0.1, 0.15) is 10.4 Å². The standard InChI is InChI=1S/C13H14ClNO4/c1-9(14)8-19-12(16)7-15-13(17)10-3-5-11(18-2)6-4-10/h3-6H,1,7-8H2,2H3,(H,15,17). The summed E-state index contributed by atoms with van der Waals surface area (Å²) in [6.07, 6.45) is 0. The van der Waals surface area contributed by atoms with Crippen molar-refractivity contribution in [3.8, 4) is 5.75 Å². The maximum absolute atomic E-state index is 11.7. The summed E-state index contributed by atoms with van der Waals surface area (Å²) >= 11 is 5.44. The smallest absolute Gasteiger partial charge is 0.325 e. The summed E-state index contributed by atoms with van der Waals surface area (Å²) in [6.45, 7) is 3.08. The molecule has 0 saturated heterocycles. The molecule has 1 aromatic carbocycles. The van der Waals surface area contributed by atoms with Gasteiger partial charge in [-0.05, 0) is 24.3 Å². The third-order valence-corrected chi connectivity index (χ3v) is 2.24. The molecule has 102 valence electrons. The van der Waals surface area contributed by atoms with Gasteiger partial charge < -0.3 is 14.8 Å². The average molecular weight is 284 g/mol. The fourth-order valence-electron chi connectivity index (χ4n) is 1.21. The Kier molecular flexibility index (Phi) is 5.89. The van der Waals surface area contributed by atoms with E-state index < -0.39 is 5.97 Å². The molecule has 0 aliphatic rings. The topological polar surface area (TPSA) is 64.6 Å². The van der Waals surface area contributed by atoms with Gasteiger partial charge in [0, 0.05) is 10.6 Å². The molecule has 1 aromatic rings. The van der Waals surface area contributed by atoms with Gasteiger partial charge in [-0.3, -0.25) is 9.59 Å². The minimum absolute atomic E-state index is 0.0706. The van der Waals surface area contributed by atoms with Gasteiger partial charge in [-0.2, -0.15) is 0 Å². The van der Waals surface area contributed by atoms with Gasteiger partial charge in [-0.25, -0.2) is 0 Å². The number of esters is 1. The molecule has 0 spiro atoms. The maximum Gasteiger partial charge on any atom is 0.325 e. The van der Waals surface area contributed by atoms with E-state index in [0.29, 0.717) is 11.3 Å². The summed E-state index contributed by atoms with van der Waals surface area (Å²) in [5.41, 5.74) is 0.426. The predicted molar refractivity (Wildman–Crippen MR) is 71.3 cm³/mol. The largest absolute Gasteiger partial charge is 0.497 e. The van der Waals surface area contributed by atoms with Gasteiger partial charge in [0.15, 0.2) is 0 Å². The summed E-state index contributed by atoms with van der Waals surface area (Å²) in [6, 6.07) is 6.51. The SMILES string of the molecule is C=C(Cl)COC(=O)CNC(=O)c1ccc(OC)cc1. The quantitative estimate of drug-likeness (QED) is 0.808. The van der Waals surface area contributed by atoms with Crippen molar-refractivity contribution in [3.63, 3.8) is 0 Å². The molecule has 1 amide bonds. The Bertz CT molecular complexity index is 470. The van der Waals surface area contributed by atoms with Crippen molar-refractivity contribution in [1.82, 2.24) is 5.32 Å². The first-order valence-corrected chi connectivity index (χ1v) is 5.82. The zero-order valence-corrected chi connectivity index (χ0v) is 11.2. The lowest BCUT2D eigenvalue weighted by atomic mass is 10.2. The number of methoxy groups -OCH3 is 1. The minimum Gasteiger partial charge on any atom is -0.497 e. The van der Waals surface area contributed by atoms with E-state index in [2.05, 4.69) is 11.9 Å². The van der Waals surface area contributed by atoms with Crippen LogP contribution in [-0.2, 0) is 9.53 Å². The molecule has 1 rings (SSSR count). The molecule has 0 bridgehead atoms.